The molecule has 1 aliphatic rings. The first kappa shape index (κ1) is 16.5. The third-order valence-corrected chi connectivity index (χ3v) is 5.73. The normalized spacial score (nSPS) is 18.9. The molecule has 0 aliphatic carbocycles. The molecule has 5 heteroatoms. The van der Waals surface area contributed by atoms with E-state index < -0.39 is 0 Å². The molecule has 3 nitrogen and oxygen atoms in total. The Morgan fingerprint density at radius 2 is 1.63 bits per heavy atom. The SMILES string of the molecule is Fc1ccc([C@H]2C[C@H](c3ccc(Br)cc3)n3c(nc4ccccc43)N2)cc1. The number of rotatable bonds is 2. The molecule has 1 N–H and O–H groups in total. The highest BCUT2D eigenvalue weighted by molar-refractivity contribution is 9.10. The van der Waals surface area contributed by atoms with Crippen molar-refractivity contribution < 1.29 is 4.39 Å². The summed E-state index contributed by atoms with van der Waals surface area (Å²) in [6.45, 7) is 0. The van der Waals surface area contributed by atoms with E-state index in [4.69, 9.17) is 4.98 Å². The number of nitrogens with one attached hydrogen (secondary N) is 1. The zero-order chi connectivity index (χ0) is 18.4. The minimum atomic E-state index is -0.216. The lowest BCUT2D eigenvalue weighted by molar-refractivity contribution is 0.477. The fraction of sp³-hybridized carbons (Fsp3) is 0.136. The van der Waals surface area contributed by atoms with E-state index in [9.17, 15) is 4.39 Å². The fourth-order valence-electron chi connectivity index (χ4n) is 3.89. The first-order valence-electron chi connectivity index (χ1n) is 8.93. The molecule has 0 radical (unpaired) electrons. The van der Waals surface area contributed by atoms with E-state index in [0.29, 0.717) is 0 Å². The van der Waals surface area contributed by atoms with Crippen molar-refractivity contribution in [3.8, 4) is 0 Å². The van der Waals surface area contributed by atoms with Gasteiger partial charge in [-0.05, 0) is 53.9 Å². The molecule has 4 aromatic rings. The average Bonchev–Trinajstić information content (AvgIpc) is 3.07. The Morgan fingerprint density at radius 3 is 2.41 bits per heavy atom. The molecule has 1 aromatic heterocycles. The van der Waals surface area contributed by atoms with Gasteiger partial charge in [0.15, 0.2) is 0 Å². The highest BCUT2D eigenvalue weighted by Gasteiger charge is 2.30. The number of benzene rings is 3. The van der Waals surface area contributed by atoms with Crippen LogP contribution in [0.1, 0.15) is 29.6 Å². The molecule has 2 atom stereocenters. The van der Waals surface area contributed by atoms with Gasteiger partial charge in [-0.15, -0.1) is 0 Å². The molecule has 134 valence electrons. The van der Waals surface area contributed by atoms with E-state index in [1.54, 1.807) is 0 Å². The van der Waals surface area contributed by atoms with Gasteiger partial charge in [0, 0.05) is 4.47 Å². The zero-order valence-electron chi connectivity index (χ0n) is 14.4. The topological polar surface area (TPSA) is 29.9 Å². The minimum Gasteiger partial charge on any atom is -0.349 e. The Balaban J connectivity index is 1.65. The molecule has 3 aromatic carbocycles. The predicted molar refractivity (Wildman–Crippen MR) is 109 cm³/mol. The van der Waals surface area contributed by atoms with Gasteiger partial charge in [0.05, 0.1) is 23.1 Å². The number of halogens is 2. The monoisotopic (exact) mass is 421 g/mol. The molecule has 0 saturated carbocycles. The van der Waals surface area contributed by atoms with Crippen molar-refractivity contribution in [2.45, 2.75) is 18.5 Å². The van der Waals surface area contributed by atoms with Crippen molar-refractivity contribution in [1.82, 2.24) is 9.55 Å². The Hall–Kier alpha value is -2.66. The highest BCUT2D eigenvalue weighted by Crippen LogP contribution is 2.41. The molecule has 0 unspecified atom stereocenters. The number of hydrogen-bond donors (Lipinski definition) is 1. The maximum atomic E-state index is 13.4. The van der Waals surface area contributed by atoms with Crippen molar-refractivity contribution in [2.75, 3.05) is 5.32 Å². The van der Waals surface area contributed by atoms with E-state index in [0.717, 1.165) is 33.4 Å². The number of para-hydroxylation sites is 2. The van der Waals surface area contributed by atoms with Crippen LogP contribution in [0, 0.1) is 5.82 Å². The van der Waals surface area contributed by atoms with Gasteiger partial charge in [-0.1, -0.05) is 52.3 Å². The molecule has 0 saturated heterocycles. The fourth-order valence-corrected chi connectivity index (χ4v) is 4.15. The maximum Gasteiger partial charge on any atom is 0.204 e. The standard InChI is InChI=1S/C22H17BrFN3/c23-16-9-5-15(6-10-16)21-13-19(14-7-11-17(24)12-8-14)26-22-25-18-3-1-2-4-20(18)27(21)22/h1-12,19,21H,13H2,(H,25,26)/t19-,21-/m1/s1. The van der Waals surface area contributed by atoms with Gasteiger partial charge in [0.1, 0.15) is 5.82 Å². The molecule has 2 heterocycles. The lowest BCUT2D eigenvalue weighted by atomic mass is 9.93. The lowest BCUT2D eigenvalue weighted by Gasteiger charge is -2.33. The number of anilines is 1. The number of aromatic nitrogens is 2. The van der Waals surface area contributed by atoms with E-state index in [1.165, 1.54) is 17.7 Å². The van der Waals surface area contributed by atoms with E-state index in [2.05, 4.69) is 56.1 Å². The summed E-state index contributed by atoms with van der Waals surface area (Å²) >= 11 is 3.52. The summed E-state index contributed by atoms with van der Waals surface area (Å²) in [6, 6.07) is 23.6. The van der Waals surface area contributed by atoms with Crippen LogP contribution in [-0.2, 0) is 0 Å². The number of nitrogens with zero attached hydrogens (tertiary/aromatic N) is 2. The van der Waals surface area contributed by atoms with Crippen LogP contribution in [0.15, 0.2) is 77.3 Å². The molecule has 0 amide bonds. The van der Waals surface area contributed by atoms with Crippen LogP contribution >= 0.6 is 15.9 Å². The molecular formula is C22H17BrFN3. The van der Waals surface area contributed by atoms with Crippen LogP contribution in [0.5, 0.6) is 0 Å². The van der Waals surface area contributed by atoms with Gasteiger partial charge in [-0.2, -0.15) is 0 Å². The maximum absolute atomic E-state index is 13.4. The van der Waals surface area contributed by atoms with Gasteiger partial charge in [0.25, 0.3) is 0 Å². The van der Waals surface area contributed by atoms with Crippen molar-refractivity contribution >= 4 is 32.9 Å². The largest absolute Gasteiger partial charge is 0.349 e. The van der Waals surface area contributed by atoms with Crippen molar-refractivity contribution in [3.63, 3.8) is 0 Å². The summed E-state index contributed by atoms with van der Waals surface area (Å²) < 4.78 is 16.7. The summed E-state index contributed by atoms with van der Waals surface area (Å²) in [4.78, 5) is 4.81. The second-order valence-electron chi connectivity index (χ2n) is 6.85. The van der Waals surface area contributed by atoms with E-state index in [1.807, 2.05) is 30.3 Å². The molecule has 0 bridgehead atoms. The summed E-state index contributed by atoms with van der Waals surface area (Å²) in [5.74, 6) is 0.635. The second kappa shape index (κ2) is 6.50. The smallest absolute Gasteiger partial charge is 0.204 e. The Kier molecular flexibility index (Phi) is 3.97. The molecule has 0 spiro atoms. The van der Waals surface area contributed by atoms with Crippen LogP contribution < -0.4 is 5.32 Å². The first-order valence-corrected chi connectivity index (χ1v) is 9.73. The van der Waals surface area contributed by atoms with Gasteiger partial charge in [-0.25, -0.2) is 9.37 Å². The lowest BCUT2D eigenvalue weighted by Crippen LogP contribution is -2.27. The number of hydrogen-bond acceptors (Lipinski definition) is 2. The first-order chi connectivity index (χ1) is 13.2. The summed E-state index contributed by atoms with van der Waals surface area (Å²) in [6.07, 6.45) is 0.862. The third-order valence-electron chi connectivity index (χ3n) is 5.20. The third kappa shape index (κ3) is 2.92. The van der Waals surface area contributed by atoms with Crippen LogP contribution in [0.3, 0.4) is 0 Å². The van der Waals surface area contributed by atoms with Gasteiger partial charge < -0.3 is 9.88 Å². The molecule has 0 fully saturated rings. The van der Waals surface area contributed by atoms with E-state index in [-0.39, 0.29) is 17.9 Å². The highest BCUT2D eigenvalue weighted by atomic mass is 79.9. The van der Waals surface area contributed by atoms with Crippen molar-refractivity contribution in [3.05, 3.63) is 94.2 Å². The summed E-state index contributed by atoms with van der Waals surface area (Å²) in [5, 5.41) is 3.55. The second-order valence-corrected chi connectivity index (χ2v) is 7.76. The van der Waals surface area contributed by atoms with Crippen molar-refractivity contribution in [2.24, 2.45) is 0 Å². The summed E-state index contributed by atoms with van der Waals surface area (Å²) in [5.41, 5.74) is 4.39. The quantitative estimate of drug-likeness (QED) is 0.424. The predicted octanol–water partition coefficient (Wildman–Crippen LogP) is 6.08. The Bertz CT molecular complexity index is 1100. The Labute approximate surface area is 165 Å². The molecule has 27 heavy (non-hydrogen) atoms. The average molecular weight is 422 g/mol. The molecule has 5 rings (SSSR count). The van der Waals surface area contributed by atoms with E-state index >= 15 is 0 Å². The van der Waals surface area contributed by atoms with Gasteiger partial charge in [0.2, 0.25) is 5.95 Å². The molecular weight excluding hydrogens is 405 g/mol. The molecule has 1 aliphatic heterocycles. The van der Waals surface area contributed by atoms with Crippen LogP contribution in [0.4, 0.5) is 10.3 Å². The summed E-state index contributed by atoms with van der Waals surface area (Å²) in [7, 11) is 0. The minimum absolute atomic E-state index is 0.0727. The number of imidazole rings is 1. The zero-order valence-corrected chi connectivity index (χ0v) is 16.0. The number of fused-ring (bicyclic) bond motifs is 3. The van der Waals surface area contributed by atoms with Gasteiger partial charge >= 0.3 is 0 Å². The van der Waals surface area contributed by atoms with Crippen molar-refractivity contribution in [1.29, 1.82) is 0 Å². The Morgan fingerprint density at radius 1 is 0.926 bits per heavy atom. The van der Waals surface area contributed by atoms with Crippen LogP contribution in [0.2, 0.25) is 0 Å². The van der Waals surface area contributed by atoms with Crippen LogP contribution in [-0.4, -0.2) is 9.55 Å². The van der Waals surface area contributed by atoms with Gasteiger partial charge in [-0.3, -0.25) is 0 Å². The van der Waals surface area contributed by atoms with Crippen LogP contribution in [0.25, 0.3) is 11.0 Å².